The highest BCUT2D eigenvalue weighted by Gasteiger charge is 2.26. The molecule has 0 spiro atoms. The highest BCUT2D eigenvalue weighted by molar-refractivity contribution is 6.31. The molecule has 0 radical (unpaired) electrons. The second-order valence-corrected chi connectivity index (χ2v) is 7.64. The minimum absolute atomic E-state index is 0.0588. The van der Waals surface area contributed by atoms with Crippen LogP contribution in [0.1, 0.15) is 18.4 Å². The number of carbonyl (C=O) groups is 1. The van der Waals surface area contributed by atoms with Crippen LogP contribution in [0.15, 0.2) is 66.7 Å². The molecule has 148 valence electrons. The third kappa shape index (κ3) is 4.74. The van der Waals surface area contributed by atoms with Crippen LogP contribution >= 0.6 is 11.6 Å². The van der Waals surface area contributed by atoms with Crippen LogP contribution in [0, 0.1) is 5.92 Å². The minimum Gasteiger partial charge on any atom is -0.354 e. The first-order valence-electron chi connectivity index (χ1n) is 9.86. The normalized spacial score (nSPS) is 16.4. The van der Waals surface area contributed by atoms with Crippen molar-refractivity contribution in [2.24, 2.45) is 5.92 Å². The van der Waals surface area contributed by atoms with E-state index in [1.807, 2.05) is 66.7 Å². The quantitative estimate of drug-likeness (QED) is 0.685. The van der Waals surface area contributed by atoms with Crippen molar-refractivity contribution in [3.63, 3.8) is 0 Å². The van der Waals surface area contributed by atoms with Crippen molar-refractivity contribution < 1.29 is 4.79 Å². The second-order valence-electron chi connectivity index (χ2n) is 7.24. The summed E-state index contributed by atoms with van der Waals surface area (Å²) in [6.07, 6.45) is 1.83. The zero-order valence-electron chi connectivity index (χ0n) is 16.1. The lowest BCUT2D eigenvalue weighted by Gasteiger charge is -2.32. The van der Waals surface area contributed by atoms with Crippen molar-refractivity contribution in [3.05, 3.63) is 77.3 Å². The number of halogens is 1. The average molecular weight is 407 g/mol. The number of amides is 1. The number of hydrogen-bond acceptors (Lipinski definition) is 4. The van der Waals surface area contributed by atoms with Crippen molar-refractivity contribution in [3.8, 4) is 11.3 Å². The fourth-order valence-corrected chi connectivity index (χ4v) is 3.83. The molecule has 1 N–H and O–H groups in total. The maximum absolute atomic E-state index is 12.7. The highest BCUT2D eigenvalue weighted by atomic mass is 35.5. The number of rotatable bonds is 5. The van der Waals surface area contributed by atoms with Gasteiger partial charge in [-0.2, -0.15) is 0 Å². The molecule has 29 heavy (non-hydrogen) atoms. The van der Waals surface area contributed by atoms with Gasteiger partial charge in [0, 0.05) is 30.2 Å². The standard InChI is InChI=1S/C23H23ClN4O/c24-20-11-5-4-9-18(20)15-25-23(29)19-10-6-14-28(16-19)22-13-12-21(26-27-22)17-7-2-1-3-8-17/h1-5,7-9,11-13,19H,6,10,14-16H2,(H,25,29). The third-order valence-corrected chi connectivity index (χ3v) is 5.62. The Kier molecular flexibility index (Phi) is 6.06. The fraction of sp³-hybridized carbons (Fsp3) is 0.261. The van der Waals surface area contributed by atoms with Crippen LogP contribution in [0.25, 0.3) is 11.3 Å². The Balaban J connectivity index is 1.38. The predicted octanol–water partition coefficient (Wildman–Crippen LogP) is 4.33. The number of benzene rings is 2. The first-order valence-corrected chi connectivity index (χ1v) is 10.2. The summed E-state index contributed by atoms with van der Waals surface area (Å²) in [6.45, 7) is 1.97. The molecule has 4 rings (SSSR count). The molecule has 1 fully saturated rings. The van der Waals surface area contributed by atoms with Gasteiger partial charge in [0.05, 0.1) is 11.6 Å². The Morgan fingerprint density at radius 1 is 1.03 bits per heavy atom. The van der Waals surface area contributed by atoms with E-state index in [2.05, 4.69) is 20.4 Å². The van der Waals surface area contributed by atoms with Crippen molar-refractivity contribution in [1.82, 2.24) is 15.5 Å². The third-order valence-electron chi connectivity index (χ3n) is 5.25. The van der Waals surface area contributed by atoms with E-state index in [9.17, 15) is 4.79 Å². The fourth-order valence-electron chi connectivity index (χ4n) is 3.62. The van der Waals surface area contributed by atoms with E-state index in [1.165, 1.54) is 0 Å². The maximum atomic E-state index is 12.7. The van der Waals surface area contributed by atoms with Crippen LogP contribution in [0.3, 0.4) is 0 Å². The number of anilines is 1. The Hall–Kier alpha value is -2.92. The van der Waals surface area contributed by atoms with Crippen molar-refractivity contribution in [2.45, 2.75) is 19.4 Å². The van der Waals surface area contributed by atoms with Gasteiger partial charge in [0.15, 0.2) is 5.82 Å². The SMILES string of the molecule is O=C(NCc1ccccc1Cl)C1CCCN(c2ccc(-c3ccccc3)nn2)C1. The molecule has 0 bridgehead atoms. The molecule has 6 heteroatoms. The van der Waals surface area contributed by atoms with E-state index >= 15 is 0 Å². The van der Waals surface area contributed by atoms with Gasteiger partial charge in [0.1, 0.15) is 0 Å². The lowest BCUT2D eigenvalue weighted by molar-refractivity contribution is -0.125. The lowest BCUT2D eigenvalue weighted by atomic mass is 9.97. The van der Waals surface area contributed by atoms with E-state index in [-0.39, 0.29) is 11.8 Å². The largest absolute Gasteiger partial charge is 0.354 e. The Labute approximate surface area is 175 Å². The number of hydrogen-bond donors (Lipinski definition) is 1. The Morgan fingerprint density at radius 2 is 1.83 bits per heavy atom. The van der Waals surface area contributed by atoms with Gasteiger partial charge in [0.25, 0.3) is 0 Å². The molecule has 2 aromatic carbocycles. The van der Waals surface area contributed by atoms with E-state index in [0.29, 0.717) is 18.1 Å². The van der Waals surface area contributed by atoms with Crippen molar-refractivity contribution in [1.29, 1.82) is 0 Å². The van der Waals surface area contributed by atoms with E-state index in [4.69, 9.17) is 11.6 Å². The first kappa shape index (κ1) is 19.4. The summed E-state index contributed by atoms with van der Waals surface area (Å²) in [7, 11) is 0. The summed E-state index contributed by atoms with van der Waals surface area (Å²) in [6, 6.07) is 21.5. The van der Waals surface area contributed by atoms with Crippen molar-refractivity contribution in [2.75, 3.05) is 18.0 Å². The van der Waals surface area contributed by atoms with Gasteiger partial charge in [0.2, 0.25) is 5.91 Å². The molecule has 1 atom stereocenters. The molecule has 1 amide bonds. The van der Waals surface area contributed by atoms with Gasteiger partial charge >= 0.3 is 0 Å². The molecular weight excluding hydrogens is 384 g/mol. The number of nitrogens with one attached hydrogen (secondary N) is 1. The van der Waals surface area contributed by atoms with Gasteiger partial charge in [-0.3, -0.25) is 4.79 Å². The van der Waals surface area contributed by atoms with Crippen LogP contribution in [0.4, 0.5) is 5.82 Å². The van der Waals surface area contributed by atoms with Crippen LogP contribution in [-0.2, 0) is 11.3 Å². The number of carbonyl (C=O) groups excluding carboxylic acids is 1. The smallest absolute Gasteiger partial charge is 0.225 e. The van der Waals surface area contributed by atoms with E-state index in [0.717, 1.165) is 42.0 Å². The molecular formula is C23H23ClN4O. The number of nitrogens with zero attached hydrogens (tertiary/aromatic N) is 3. The Morgan fingerprint density at radius 3 is 2.59 bits per heavy atom. The molecule has 2 heterocycles. The number of piperidine rings is 1. The summed E-state index contributed by atoms with van der Waals surface area (Å²) in [5, 5.41) is 12.5. The summed E-state index contributed by atoms with van der Waals surface area (Å²) in [5.74, 6) is 0.804. The topological polar surface area (TPSA) is 58.1 Å². The number of aromatic nitrogens is 2. The van der Waals surface area contributed by atoms with Gasteiger partial charge in [-0.15, -0.1) is 10.2 Å². The molecule has 1 saturated heterocycles. The van der Waals surface area contributed by atoms with Gasteiger partial charge < -0.3 is 10.2 Å². The summed E-state index contributed by atoms with van der Waals surface area (Å²) in [4.78, 5) is 14.8. The van der Waals surface area contributed by atoms with Crippen LogP contribution < -0.4 is 10.2 Å². The second kappa shape index (κ2) is 9.05. The molecule has 0 saturated carbocycles. The molecule has 1 aromatic heterocycles. The van der Waals surface area contributed by atoms with Gasteiger partial charge in [-0.05, 0) is 36.6 Å². The lowest BCUT2D eigenvalue weighted by Crippen LogP contribution is -2.43. The maximum Gasteiger partial charge on any atom is 0.225 e. The highest BCUT2D eigenvalue weighted by Crippen LogP contribution is 2.24. The molecule has 3 aromatic rings. The summed E-state index contributed by atoms with van der Waals surface area (Å²) < 4.78 is 0. The molecule has 1 unspecified atom stereocenters. The van der Waals surface area contributed by atoms with Gasteiger partial charge in [-0.25, -0.2) is 0 Å². The molecule has 1 aliphatic heterocycles. The monoisotopic (exact) mass is 406 g/mol. The summed E-state index contributed by atoms with van der Waals surface area (Å²) in [5.41, 5.74) is 2.82. The molecule has 1 aliphatic rings. The van der Waals surface area contributed by atoms with Crippen molar-refractivity contribution >= 4 is 23.3 Å². The van der Waals surface area contributed by atoms with E-state index < -0.39 is 0 Å². The first-order chi connectivity index (χ1) is 14.2. The zero-order chi connectivity index (χ0) is 20.1. The summed E-state index contributed by atoms with van der Waals surface area (Å²) >= 11 is 6.18. The Bertz CT molecular complexity index is 962. The minimum atomic E-state index is -0.0677. The van der Waals surface area contributed by atoms with Crippen LogP contribution in [0.2, 0.25) is 5.02 Å². The zero-order valence-corrected chi connectivity index (χ0v) is 16.8. The molecule has 5 nitrogen and oxygen atoms in total. The van der Waals surface area contributed by atoms with E-state index in [1.54, 1.807) is 0 Å². The molecule has 0 aliphatic carbocycles. The average Bonchev–Trinajstić information content (AvgIpc) is 2.79. The van der Waals surface area contributed by atoms with Gasteiger partial charge in [-0.1, -0.05) is 60.1 Å². The van der Waals surface area contributed by atoms with Crippen LogP contribution in [0.5, 0.6) is 0 Å². The van der Waals surface area contributed by atoms with Crippen LogP contribution in [-0.4, -0.2) is 29.2 Å². The predicted molar refractivity (Wildman–Crippen MR) is 116 cm³/mol.